The van der Waals surface area contributed by atoms with Crippen LogP contribution in [0.1, 0.15) is 11.1 Å². The molecule has 0 aliphatic heterocycles. The van der Waals surface area contributed by atoms with Gasteiger partial charge in [-0.25, -0.2) is 0 Å². The van der Waals surface area contributed by atoms with Crippen molar-refractivity contribution in [1.29, 1.82) is 0 Å². The van der Waals surface area contributed by atoms with E-state index in [1.807, 2.05) is 12.1 Å². The Morgan fingerprint density at radius 1 is 1.18 bits per heavy atom. The van der Waals surface area contributed by atoms with E-state index in [9.17, 15) is 0 Å². The summed E-state index contributed by atoms with van der Waals surface area (Å²) in [5.74, 6) is 0. The molecule has 0 spiro atoms. The molecule has 1 aliphatic carbocycles. The number of nitrogen functional groups attached to an aromatic ring is 1. The Bertz CT molecular complexity index is 281. The summed E-state index contributed by atoms with van der Waals surface area (Å²) < 4.78 is 0. The van der Waals surface area contributed by atoms with Crippen LogP contribution < -0.4 is 11.5 Å². The van der Waals surface area contributed by atoms with Gasteiger partial charge in [-0.3, -0.25) is 0 Å². The molecule has 0 fully saturated rings. The zero-order valence-electron chi connectivity index (χ0n) is 6.38. The van der Waals surface area contributed by atoms with Crippen molar-refractivity contribution >= 4 is 5.69 Å². The fraction of sp³-hybridized carbons (Fsp3) is 0.333. The van der Waals surface area contributed by atoms with E-state index in [0.717, 1.165) is 18.5 Å². The maximum absolute atomic E-state index is 5.79. The molecule has 0 radical (unpaired) electrons. The van der Waals surface area contributed by atoms with Gasteiger partial charge in [0, 0.05) is 11.7 Å². The monoisotopic (exact) mass is 148 g/mol. The third-order valence-corrected chi connectivity index (χ3v) is 2.19. The lowest BCUT2D eigenvalue weighted by atomic mass is 10.1. The van der Waals surface area contributed by atoms with Crippen molar-refractivity contribution in [1.82, 2.24) is 0 Å². The van der Waals surface area contributed by atoms with E-state index < -0.39 is 0 Å². The molecule has 2 rings (SSSR count). The van der Waals surface area contributed by atoms with Crippen LogP contribution in [0.2, 0.25) is 0 Å². The van der Waals surface area contributed by atoms with Crippen molar-refractivity contribution in [3.8, 4) is 0 Å². The number of rotatable bonds is 0. The Kier molecular flexibility index (Phi) is 1.36. The van der Waals surface area contributed by atoms with Gasteiger partial charge in [0.15, 0.2) is 0 Å². The van der Waals surface area contributed by atoms with E-state index in [4.69, 9.17) is 11.5 Å². The van der Waals surface area contributed by atoms with Gasteiger partial charge in [0.2, 0.25) is 0 Å². The number of fused-ring (bicyclic) bond motifs is 1. The molecule has 2 nitrogen and oxygen atoms in total. The van der Waals surface area contributed by atoms with Crippen molar-refractivity contribution in [2.24, 2.45) is 5.73 Å². The highest BCUT2D eigenvalue weighted by Gasteiger charge is 2.17. The minimum atomic E-state index is 0.312. The summed E-state index contributed by atoms with van der Waals surface area (Å²) in [6, 6.07) is 6.36. The molecule has 4 N–H and O–H groups in total. The number of benzene rings is 1. The van der Waals surface area contributed by atoms with Gasteiger partial charge < -0.3 is 11.5 Å². The Morgan fingerprint density at radius 2 is 1.91 bits per heavy atom. The minimum absolute atomic E-state index is 0.312. The summed E-state index contributed by atoms with van der Waals surface area (Å²) in [5.41, 5.74) is 15.0. The summed E-state index contributed by atoms with van der Waals surface area (Å²) in [6.07, 6.45) is 2.00. The lowest BCUT2D eigenvalue weighted by Crippen LogP contribution is -2.18. The SMILES string of the molecule is Nc1ccc2c(c1)C[C@@H](N)C2. The van der Waals surface area contributed by atoms with Crippen molar-refractivity contribution in [3.05, 3.63) is 29.3 Å². The van der Waals surface area contributed by atoms with Crippen LogP contribution in [0.25, 0.3) is 0 Å². The molecular weight excluding hydrogens is 136 g/mol. The van der Waals surface area contributed by atoms with Crippen LogP contribution in [0.4, 0.5) is 5.69 Å². The van der Waals surface area contributed by atoms with Crippen molar-refractivity contribution in [2.75, 3.05) is 5.73 Å². The molecule has 0 aromatic heterocycles. The standard InChI is InChI=1S/C9H12N2/c10-8-2-1-6-3-9(11)5-7(6)4-8/h1-2,4,9H,3,5,10-11H2/t9-/m0/s1. The molecular formula is C9H12N2. The number of hydrogen-bond acceptors (Lipinski definition) is 2. The first-order chi connectivity index (χ1) is 5.25. The van der Waals surface area contributed by atoms with Crippen molar-refractivity contribution < 1.29 is 0 Å². The second kappa shape index (κ2) is 2.24. The van der Waals surface area contributed by atoms with Crippen LogP contribution in [0.3, 0.4) is 0 Å². The first kappa shape index (κ1) is 6.68. The van der Waals surface area contributed by atoms with Gasteiger partial charge in [-0.05, 0) is 36.1 Å². The third-order valence-electron chi connectivity index (χ3n) is 2.19. The highest BCUT2D eigenvalue weighted by Crippen LogP contribution is 2.22. The molecule has 1 atom stereocenters. The van der Waals surface area contributed by atoms with Crippen LogP contribution in [-0.2, 0) is 12.8 Å². The van der Waals surface area contributed by atoms with Crippen LogP contribution in [0.5, 0.6) is 0 Å². The topological polar surface area (TPSA) is 52.0 Å². The smallest absolute Gasteiger partial charge is 0.0316 e. The summed E-state index contributed by atoms with van der Waals surface area (Å²) >= 11 is 0. The lowest BCUT2D eigenvalue weighted by molar-refractivity contribution is 0.721. The molecule has 0 saturated heterocycles. The Morgan fingerprint density at radius 3 is 2.73 bits per heavy atom. The molecule has 0 bridgehead atoms. The van der Waals surface area contributed by atoms with Gasteiger partial charge >= 0.3 is 0 Å². The Hall–Kier alpha value is -1.02. The summed E-state index contributed by atoms with van der Waals surface area (Å²) in [4.78, 5) is 0. The fourth-order valence-electron chi connectivity index (χ4n) is 1.67. The molecule has 2 heteroatoms. The first-order valence-electron chi connectivity index (χ1n) is 3.88. The zero-order chi connectivity index (χ0) is 7.84. The summed E-state index contributed by atoms with van der Waals surface area (Å²) in [5, 5.41) is 0. The van der Waals surface area contributed by atoms with Gasteiger partial charge in [0.25, 0.3) is 0 Å². The Labute approximate surface area is 66.2 Å². The molecule has 58 valence electrons. The predicted molar refractivity (Wildman–Crippen MR) is 46.2 cm³/mol. The maximum atomic E-state index is 5.79. The molecule has 1 aromatic carbocycles. The average Bonchev–Trinajstić information content (AvgIpc) is 2.27. The normalized spacial score (nSPS) is 21.7. The second-order valence-electron chi connectivity index (χ2n) is 3.20. The maximum Gasteiger partial charge on any atom is 0.0316 e. The van der Waals surface area contributed by atoms with Gasteiger partial charge in [-0.2, -0.15) is 0 Å². The van der Waals surface area contributed by atoms with Gasteiger partial charge in [-0.15, -0.1) is 0 Å². The molecule has 1 aromatic rings. The third kappa shape index (κ3) is 1.10. The number of anilines is 1. The fourth-order valence-corrected chi connectivity index (χ4v) is 1.67. The van der Waals surface area contributed by atoms with Crippen LogP contribution >= 0.6 is 0 Å². The van der Waals surface area contributed by atoms with E-state index in [1.165, 1.54) is 11.1 Å². The van der Waals surface area contributed by atoms with E-state index in [0.29, 0.717) is 6.04 Å². The van der Waals surface area contributed by atoms with Crippen LogP contribution in [0.15, 0.2) is 18.2 Å². The molecule has 0 amide bonds. The molecule has 0 heterocycles. The summed E-state index contributed by atoms with van der Waals surface area (Å²) in [7, 11) is 0. The highest BCUT2D eigenvalue weighted by atomic mass is 14.6. The highest BCUT2D eigenvalue weighted by molar-refractivity contribution is 5.47. The van der Waals surface area contributed by atoms with E-state index in [2.05, 4.69) is 6.07 Å². The lowest BCUT2D eigenvalue weighted by Gasteiger charge is -1.97. The molecule has 0 unspecified atom stereocenters. The van der Waals surface area contributed by atoms with E-state index >= 15 is 0 Å². The second-order valence-corrected chi connectivity index (χ2v) is 3.20. The molecule has 1 aliphatic rings. The number of hydrogen-bond donors (Lipinski definition) is 2. The summed E-state index contributed by atoms with van der Waals surface area (Å²) in [6.45, 7) is 0. The van der Waals surface area contributed by atoms with E-state index in [-0.39, 0.29) is 0 Å². The van der Waals surface area contributed by atoms with Gasteiger partial charge in [0.1, 0.15) is 0 Å². The van der Waals surface area contributed by atoms with Crippen LogP contribution in [0, 0.1) is 0 Å². The first-order valence-corrected chi connectivity index (χ1v) is 3.88. The Balaban J connectivity index is 2.43. The number of nitrogens with two attached hydrogens (primary N) is 2. The zero-order valence-corrected chi connectivity index (χ0v) is 6.38. The van der Waals surface area contributed by atoms with Crippen LogP contribution in [-0.4, -0.2) is 6.04 Å². The van der Waals surface area contributed by atoms with Gasteiger partial charge in [0.05, 0.1) is 0 Å². The minimum Gasteiger partial charge on any atom is -0.399 e. The van der Waals surface area contributed by atoms with E-state index in [1.54, 1.807) is 0 Å². The average molecular weight is 148 g/mol. The van der Waals surface area contributed by atoms with Gasteiger partial charge in [-0.1, -0.05) is 6.07 Å². The van der Waals surface area contributed by atoms with Crippen molar-refractivity contribution in [3.63, 3.8) is 0 Å². The molecule has 11 heavy (non-hydrogen) atoms. The quantitative estimate of drug-likeness (QED) is 0.532. The molecule has 0 saturated carbocycles. The van der Waals surface area contributed by atoms with Crippen molar-refractivity contribution in [2.45, 2.75) is 18.9 Å². The largest absolute Gasteiger partial charge is 0.399 e. The predicted octanol–water partition coefficient (Wildman–Crippen LogP) is 0.695.